The van der Waals surface area contributed by atoms with Crippen molar-refractivity contribution in [3.8, 4) is 5.75 Å². The highest BCUT2D eigenvalue weighted by Crippen LogP contribution is 2.34. The minimum Gasteiger partial charge on any atom is -0.507 e. The number of carbonyl (C=O) groups is 1. The van der Waals surface area contributed by atoms with Gasteiger partial charge in [0.2, 0.25) is 0 Å². The molecule has 1 aromatic carbocycles. The van der Waals surface area contributed by atoms with Crippen molar-refractivity contribution in [3.05, 3.63) is 28.8 Å². The second kappa shape index (κ2) is 9.84. The van der Waals surface area contributed by atoms with E-state index in [9.17, 15) is 9.90 Å². The van der Waals surface area contributed by atoms with E-state index in [0.717, 1.165) is 35.4 Å². The number of unbranched alkanes of at least 4 members (excludes halogenated alkanes) is 2. The number of carbonyl (C=O) groups excluding carboxylic acids is 1. The molecule has 1 N–H and O–H groups in total. The van der Waals surface area contributed by atoms with Crippen LogP contribution < -0.4 is 0 Å². The fourth-order valence-electron chi connectivity index (χ4n) is 2.91. The van der Waals surface area contributed by atoms with Gasteiger partial charge < -0.3 is 9.84 Å². The SMILES string of the molecule is Cc1cc(CCC(=O)OCCCCCC(C)C)cc(C(C)(C)C)c1O. The zero-order valence-corrected chi connectivity index (χ0v) is 16.9. The summed E-state index contributed by atoms with van der Waals surface area (Å²) in [7, 11) is 0. The van der Waals surface area contributed by atoms with Crippen molar-refractivity contribution in [3.63, 3.8) is 0 Å². The summed E-state index contributed by atoms with van der Waals surface area (Å²) in [5.74, 6) is 0.974. The third kappa shape index (κ3) is 7.94. The van der Waals surface area contributed by atoms with E-state index in [4.69, 9.17) is 4.74 Å². The first-order chi connectivity index (χ1) is 11.6. The van der Waals surface area contributed by atoms with Crippen molar-refractivity contribution < 1.29 is 14.6 Å². The summed E-state index contributed by atoms with van der Waals surface area (Å²) in [6, 6.07) is 3.98. The molecule has 1 aromatic rings. The number of hydrogen-bond donors (Lipinski definition) is 1. The molecule has 25 heavy (non-hydrogen) atoms. The number of benzene rings is 1. The van der Waals surface area contributed by atoms with Crippen LogP contribution in [0, 0.1) is 12.8 Å². The first-order valence-corrected chi connectivity index (χ1v) is 9.60. The number of aryl methyl sites for hydroxylation is 2. The molecule has 0 aliphatic rings. The van der Waals surface area contributed by atoms with Crippen LogP contribution in [0.1, 0.15) is 83.4 Å². The van der Waals surface area contributed by atoms with Crippen molar-refractivity contribution in [1.82, 2.24) is 0 Å². The summed E-state index contributed by atoms with van der Waals surface area (Å²) in [6.07, 6.45) is 5.56. The van der Waals surface area contributed by atoms with Crippen LogP contribution in [0.2, 0.25) is 0 Å². The first-order valence-electron chi connectivity index (χ1n) is 9.60. The van der Waals surface area contributed by atoms with Gasteiger partial charge in [0.05, 0.1) is 6.61 Å². The molecule has 0 saturated carbocycles. The molecule has 0 atom stereocenters. The molecule has 3 heteroatoms. The number of ether oxygens (including phenoxy) is 1. The van der Waals surface area contributed by atoms with E-state index in [2.05, 4.69) is 34.6 Å². The van der Waals surface area contributed by atoms with Crippen LogP contribution in [0.5, 0.6) is 5.75 Å². The molecule has 3 nitrogen and oxygen atoms in total. The lowest BCUT2D eigenvalue weighted by atomic mass is 9.83. The van der Waals surface area contributed by atoms with Gasteiger partial charge in [0.15, 0.2) is 0 Å². The van der Waals surface area contributed by atoms with E-state index in [0.29, 0.717) is 25.2 Å². The van der Waals surface area contributed by atoms with Gasteiger partial charge in [-0.25, -0.2) is 0 Å². The third-order valence-electron chi connectivity index (χ3n) is 4.47. The average molecular weight is 349 g/mol. The largest absolute Gasteiger partial charge is 0.507 e. The van der Waals surface area contributed by atoms with Crippen LogP contribution in [-0.4, -0.2) is 17.7 Å². The fourth-order valence-corrected chi connectivity index (χ4v) is 2.91. The smallest absolute Gasteiger partial charge is 0.306 e. The van der Waals surface area contributed by atoms with Gasteiger partial charge in [-0.2, -0.15) is 0 Å². The molecule has 0 radical (unpaired) electrons. The number of phenolic OH excluding ortho intramolecular Hbond substituents is 1. The van der Waals surface area contributed by atoms with E-state index in [1.807, 2.05) is 19.1 Å². The Morgan fingerprint density at radius 3 is 2.44 bits per heavy atom. The summed E-state index contributed by atoms with van der Waals surface area (Å²) in [6.45, 7) is 13.1. The molecule has 1 rings (SSSR count). The molecule has 0 spiro atoms. The van der Waals surface area contributed by atoms with E-state index >= 15 is 0 Å². The Bertz CT molecular complexity index is 553. The highest BCUT2D eigenvalue weighted by atomic mass is 16.5. The molecule has 0 aliphatic heterocycles. The Labute approximate surface area is 153 Å². The fraction of sp³-hybridized carbons (Fsp3) is 0.682. The first kappa shape index (κ1) is 21.5. The minimum absolute atomic E-state index is 0.124. The number of hydrogen-bond acceptors (Lipinski definition) is 3. The van der Waals surface area contributed by atoms with Crippen LogP contribution in [0.3, 0.4) is 0 Å². The van der Waals surface area contributed by atoms with E-state index in [1.165, 1.54) is 12.8 Å². The predicted molar refractivity (Wildman–Crippen MR) is 104 cm³/mol. The van der Waals surface area contributed by atoms with Gasteiger partial charge in [-0.3, -0.25) is 4.79 Å². The topological polar surface area (TPSA) is 46.5 Å². The Kier molecular flexibility index (Phi) is 8.47. The monoisotopic (exact) mass is 348 g/mol. The van der Waals surface area contributed by atoms with Gasteiger partial charge >= 0.3 is 5.97 Å². The highest BCUT2D eigenvalue weighted by molar-refractivity contribution is 5.69. The van der Waals surface area contributed by atoms with Crippen molar-refractivity contribution in [2.24, 2.45) is 5.92 Å². The molecule has 0 fully saturated rings. The zero-order chi connectivity index (χ0) is 19.0. The maximum atomic E-state index is 11.9. The molecule has 0 heterocycles. The molecule has 0 saturated heterocycles. The number of rotatable bonds is 9. The van der Waals surface area contributed by atoms with Gasteiger partial charge in [-0.05, 0) is 47.8 Å². The van der Waals surface area contributed by atoms with Crippen LogP contribution in [0.15, 0.2) is 12.1 Å². The lowest BCUT2D eigenvalue weighted by molar-refractivity contribution is -0.143. The molecular weight excluding hydrogens is 312 g/mol. The highest BCUT2D eigenvalue weighted by Gasteiger charge is 2.20. The number of esters is 1. The summed E-state index contributed by atoms with van der Waals surface area (Å²) in [5, 5.41) is 10.3. The molecule has 0 bridgehead atoms. The Morgan fingerprint density at radius 2 is 1.84 bits per heavy atom. The van der Waals surface area contributed by atoms with Gasteiger partial charge in [-0.15, -0.1) is 0 Å². The van der Waals surface area contributed by atoms with Gasteiger partial charge in [-0.1, -0.05) is 66.0 Å². The van der Waals surface area contributed by atoms with Crippen LogP contribution in [0.4, 0.5) is 0 Å². The summed E-state index contributed by atoms with van der Waals surface area (Å²) in [5.41, 5.74) is 2.75. The van der Waals surface area contributed by atoms with Crippen molar-refractivity contribution in [1.29, 1.82) is 0 Å². The molecule has 0 aromatic heterocycles. The van der Waals surface area contributed by atoms with Crippen molar-refractivity contribution in [2.75, 3.05) is 6.61 Å². The molecule has 0 unspecified atom stereocenters. The zero-order valence-electron chi connectivity index (χ0n) is 16.9. The van der Waals surface area contributed by atoms with Crippen molar-refractivity contribution >= 4 is 5.97 Å². The van der Waals surface area contributed by atoms with Crippen LogP contribution in [0.25, 0.3) is 0 Å². The lowest BCUT2D eigenvalue weighted by Crippen LogP contribution is -2.13. The maximum absolute atomic E-state index is 11.9. The third-order valence-corrected chi connectivity index (χ3v) is 4.47. The van der Waals surface area contributed by atoms with Gasteiger partial charge in [0.25, 0.3) is 0 Å². The number of phenols is 1. The average Bonchev–Trinajstić information content (AvgIpc) is 2.50. The summed E-state index contributed by atoms with van der Waals surface area (Å²) < 4.78 is 5.33. The molecule has 142 valence electrons. The van der Waals surface area contributed by atoms with E-state index < -0.39 is 0 Å². The predicted octanol–water partition coefficient (Wildman–Crippen LogP) is 5.69. The second-order valence-corrected chi connectivity index (χ2v) is 8.52. The normalized spacial score (nSPS) is 11.8. The Balaban J connectivity index is 2.42. The van der Waals surface area contributed by atoms with Crippen LogP contribution in [-0.2, 0) is 21.4 Å². The van der Waals surface area contributed by atoms with Gasteiger partial charge in [0, 0.05) is 6.42 Å². The standard InChI is InChI=1S/C22H36O3/c1-16(2)10-8-7-9-13-25-20(23)12-11-18-14-17(3)21(24)19(15-18)22(4,5)6/h14-16,24H,7-13H2,1-6H3. The summed E-state index contributed by atoms with van der Waals surface area (Å²) >= 11 is 0. The Morgan fingerprint density at radius 1 is 1.16 bits per heavy atom. The quantitative estimate of drug-likeness (QED) is 0.460. The second-order valence-electron chi connectivity index (χ2n) is 8.52. The summed E-state index contributed by atoms with van der Waals surface area (Å²) in [4.78, 5) is 11.9. The molecule has 0 aliphatic carbocycles. The van der Waals surface area contributed by atoms with Crippen LogP contribution >= 0.6 is 0 Å². The van der Waals surface area contributed by atoms with E-state index in [1.54, 1.807) is 0 Å². The molecule has 0 amide bonds. The lowest BCUT2D eigenvalue weighted by Gasteiger charge is -2.22. The maximum Gasteiger partial charge on any atom is 0.306 e. The Hall–Kier alpha value is -1.51. The number of aromatic hydroxyl groups is 1. The van der Waals surface area contributed by atoms with Crippen molar-refractivity contribution in [2.45, 2.75) is 85.5 Å². The minimum atomic E-state index is -0.133. The molecular formula is C22H36O3. The van der Waals surface area contributed by atoms with Gasteiger partial charge in [0.1, 0.15) is 5.75 Å². The van der Waals surface area contributed by atoms with E-state index in [-0.39, 0.29) is 11.4 Å².